The van der Waals surface area contributed by atoms with Crippen LogP contribution in [0.2, 0.25) is 0 Å². The summed E-state index contributed by atoms with van der Waals surface area (Å²) in [6.07, 6.45) is 7.56. The first-order valence-corrected chi connectivity index (χ1v) is 7.27. The quantitative estimate of drug-likeness (QED) is 0.319. The van der Waals surface area contributed by atoms with Crippen molar-refractivity contribution in [1.82, 2.24) is 4.90 Å². The molecule has 0 aromatic heterocycles. The van der Waals surface area contributed by atoms with E-state index in [1.807, 2.05) is 6.92 Å². The first-order chi connectivity index (χ1) is 8.67. The summed E-state index contributed by atoms with van der Waals surface area (Å²) >= 11 is 0. The van der Waals surface area contributed by atoms with Crippen molar-refractivity contribution in [2.24, 2.45) is 16.1 Å². The Morgan fingerprint density at radius 2 is 2.11 bits per heavy atom. The van der Waals surface area contributed by atoms with E-state index in [4.69, 9.17) is 10.5 Å². The van der Waals surface area contributed by atoms with Gasteiger partial charge in [0.1, 0.15) is 0 Å². The van der Waals surface area contributed by atoms with Crippen LogP contribution in [0, 0.1) is 5.41 Å². The highest BCUT2D eigenvalue weighted by Crippen LogP contribution is 2.44. The van der Waals surface area contributed by atoms with E-state index in [2.05, 4.69) is 16.9 Å². The van der Waals surface area contributed by atoms with Gasteiger partial charge in [0.15, 0.2) is 5.96 Å². The molecule has 0 aromatic carbocycles. The number of ether oxygens (including phenoxy) is 1. The minimum atomic E-state index is 0. The summed E-state index contributed by atoms with van der Waals surface area (Å²) in [6.45, 7) is 4.60. The number of aliphatic imine (C=N–C) groups is 1. The highest BCUT2D eigenvalue weighted by Gasteiger charge is 2.36. The molecule has 0 bridgehead atoms. The number of nitrogens with zero attached hydrogens (tertiary/aromatic N) is 2. The molecule has 0 aliphatic heterocycles. The van der Waals surface area contributed by atoms with Gasteiger partial charge in [-0.15, -0.1) is 24.0 Å². The predicted octanol–water partition coefficient (Wildman–Crippen LogP) is 2.61. The molecule has 2 fully saturated rings. The third-order valence-corrected chi connectivity index (χ3v) is 4.43. The van der Waals surface area contributed by atoms with Gasteiger partial charge < -0.3 is 15.4 Å². The lowest BCUT2D eigenvalue weighted by molar-refractivity contribution is 0.0608. The van der Waals surface area contributed by atoms with Gasteiger partial charge in [-0.1, -0.05) is 6.42 Å². The molecule has 0 radical (unpaired) electrons. The lowest BCUT2D eigenvalue weighted by Gasteiger charge is -2.41. The standard InChI is InChI=1S/C14H27N3O.HI/c1-3-18-10-9-14(7-4-8-14)11-16-13(15)17(2)12-5-6-12;/h12H,3-11H2,1-2H3,(H2,15,16);1H. The molecule has 0 atom stereocenters. The van der Waals surface area contributed by atoms with Crippen molar-refractivity contribution in [2.75, 3.05) is 26.8 Å². The van der Waals surface area contributed by atoms with Gasteiger partial charge in [0.25, 0.3) is 0 Å². The second-order valence-electron chi connectivity index (χ2n) is 5.82. The fourth-order valence-corrected chi connectivity index (χ4v) is 2.61. The minimum Gasteiger partial charge on any atom is -0.382 e. The van der Waals surface area contributed by atoms with Gasteiger partial charge in [0.05, 0.1) is 0 Å². The molecule has 2 N–H and O–H groups in total. The summed E-state index contributed by atoms with van der Waals surface area (Å²) in [4.78, 5) is 6.76. The molecule has 0 saturated heterocycles. The van der Waals surface area contributed by atoms with E-state index in [1.54, 1.807) is 0 Å². The first-order valence-electron chi connectivity index (χ1n) is 7.27. The van der Waals surface area contributed by atoms with Gasteiger partial charge in [-0.2, -0.15) is 0 Å². The molecule has 2 saturated carbocycles. The van der Waals surface area contributed by atoms with Crippen molar-refractivity contribution < 1.29 is 4.74 Å². The van der Waals surface area contributed by atoms with Gasteiger partial charge in [0, 0.05) is 32.8 Å². The Morgan fingerprint density at radius 3 is 2.58 bits per heavy atom. The molecule has 2 rings (SSSR count). The van der Waals surface area contributed by atoms with Crippen LogP contribution in [0.3, 0.4) is 0 Å². The molecule has 0 spiro atoms. The maximum Gasteiger partial charge on any atom is 0.191 e. The summed E-state index contributed by atoms with van der Waals surface area (Å²) < 4.78 is 5.48. The molecule has 2 aliphatic carbocycles. The van der Waals surface area contributed by atoms with E-state index in [1.165, 1.54) is 32.1 Å². The fourth-order valence-electron chi connectivity index (χ4n) is 2.61. The fraction of sp³-hybridized carbons (Fsp3) is 0.929. The zero-order valence-electron chi connectivity index (χ0n) is 12.2. The molecular weight excluding hydrogens is 353 g/mol. The monoisotopic (exact) mass is 381 g/mol. The molecule has 2 aliphatic rings. The van der Waals surface area contributed by atoms with E-state index in [0.717, 1.165) is 32.1 Å². The molecule has 19 heavy (non-hydrogen) atoms. The molecule has 0 heterocycles. The minimum absolute atomic E-state index is 0. The van der Waals surface area contributed by atoms with E-state index < -0.39 is 0 Å². The Hall–Kier alpha value is -0.0400. The van der Waals surface area contributed by atoms with Crippen LogP contribution in [0.5, 0.6) is 0 Å². The number of hydrogen-bond acceptors (Lipinski definition) is 2. The van der Waals surface area contributed by atoms with Gasteiger partial charge in [-0.3, -0.25) is 4.99 Å². The molecule has 0 amide bonds. The second-order valence-corrected chi connectivity index (χ2v) is 5.82. The Kier molecular flexibility index (Phi) is 6.86. The van der Waals surface area contributed by atoms with Crippen molar-refractivity contribution >= 4 is 29.9 Å². The van der Waals surface area contributed by atoms with Crippen molar-refractivity contribution in [3.05, 3.63) is 0 Å². The van der Waals surface area contributed by atoms with Crippen molar-refractivity contribution in [3.8, 4) is 0 Å². The normalized spacial score (nSPS) is 21.5. The van der Waals surface area contributed by atoms with Crippen LogP contribution in [0.25, 0.3) is 0 Å². The summed E-state index contributed by atoms with van der Waals surface area (Å²) in [7, 11) is 2.06. The maximum absolute atomic E-state index is 6.04. The van der Waals surface area contributed by atoms with E-state index in [9.17, 15) is 0 Å². The van der Waals surface area contributed by atoms with Crippen LogP contribution in [0.4, 0.5) is 0 Å². The molecule has 4 nitrogen and oxygen atoms in total. The van der Waals surface area contributed by atoms with Crippen LogP contribution >= 0.6 is 24.0 Å². The summed E-state index contributed by atoms with van der Waals surface area (Å²) in [6, 6.07) is 0.648. The Bertz CT molecular complexity index is 301. The topological polar surface area (TPSA) is 50.9 Å². The Balaban J connectivity index is 0.00000180. The van der Waals surface area contributed by atoms with Crippen LogP contribution in [-0.2, 0) is 4.74 Å². The van der Waals surface area contributed by atoms with Crippen LogP contribution < -0.4 is 5.73 Å². The third kappa shape index (κ3) is 4.77. The van der Waals surface area contributed by atoms with E-state index in [-0.39, 0.29) is 24.0 Å². The van der Waals surface area contributed by atoms with Crippen LogP contribution in [0.15, 0.2) is 4.99 Å². The van der Waals surface area contributed by atoms with Crippen molar-refractivity contribution in [2.45, 2.75) is 51.5 Å². The third-order valence-electron chi connectivity index (χ3n) is 4.43. The largest absolute Gasteiger partial charge is 0.382 e. The van der Waals surface area contributed by atoms with Crippen molar-refractivity contribution in [3.63, 3.8) is 0 Å². The Labute approximate surface area is 134 Å². The predicted molar refractivity (Wildman–Crippen MR) is 90.1 cm³/mol. The van der Waals surface area contributed by atoms with E-state index >= 15 is 0 Å². The van der Waals surface area contributed by atoms with Gasteiger partial charge in [0.2, 0.25) is 0 Å². The zero-order valence-corrected chi connectivity index (χ0v) is 14.6. The number of nitrogens with two attached hydrogens (primary N) is 1. The molecule has 112 valence electrons. The summed E-state index contributed by atoms with van der Waals surface area (Å²) in [5, 5.41) is 0. The molecule has 5 heteroatoms. The highest BCUT2D eigenvalue weighted by atomic mass is 127. The molecule has 0 aromatic rings. The lowest BCUT2D eigenvalue weighted by atomic mass is 9.67. The van der Waals surface area contributed by atoms with E-state index in [0.29, 0.717) is 11.5 Å². The number of halogens is 1. The SMILES string of the molecule is CCOCCC1(CN=C(N)N(C)C2CC2)CCC1.I. The second kappa shape index (κ2) is 7.67. The van der Waals surface area contributed by atoms with Crippen LogP contribution in [-0.4, -0.2) is 43.7 Å². The van der Waals surface area contributed by atoms with Gasteiger partial charge in [-0.05, 0) is 44.4 Å². The zero-order chi connectivity index (χ0) is 13.0. The Morgan fingerprint density at radius 1 is 1.42 bits per heavy atom. The van der Waals surface area contributed by atoms with Crippen LogP contribution in [0.1, 0.15) is 45.4 Å². The van der Waals surface area contributed by atoms with Gasteiger partial charge >= 0.3 is 0 Å². The lowest BCUT2D eigenvalue weighted by Crippen LogP contribution is -2.39. The van der Waals surface area contributed by atoms with Gasteiger partial charge in [-0.25, -0.2) is 0 Å². The number of hydrogen-bond donors (Lipinski definition) is 1. The molecule has 0 unspecified atom stereocenters. The average Bonchev–Trinajstić information content (AvgIpc) is 3.14. The maximum atomic E-state index is 6.04. The highest BCUT2D eigenvalue weighted by molar-refractivity contribution is 14.0. The number of guanidine groups is 1. The smallest absolute Gasteiger partial charge is 0.191 e. The molecular formula is C14H28IN3O. The summed E-state index contributed by atoms with van der Waals surface area (Å²) in [5.74, 6) is 0.722. The van der Waals surface area contributed by atoms with Crippen molar-refractivity contribution in [1.29, 1.82) is 0 Å². The first kappa shape index (κ1) is 17.0. The summed E-state index contributed by atoms with van der Waals surface area (Å²) in [5.41, 5.74) is 6.42. The average molecular weight is 381 g/mol. The number of rotatable bonds is 7.